The summed E-state index contributed by atoms with van der Waals surface area (Å²) >= 11 is 5.81. The van der Waals surface area contributed by atoms with Crippen molar-refractivity contribution in [1.29, 1.82) is 0 Å². The molecule has 0 saturated heterocycles. The van der Waals surface area contributed by atoms with E-state index in [1.165, 1.54) is 5.56 Å². The van der Waals surface area contributed by atoms with Crippen LogP contribution in [0, 0.1) is 0 Å². The lowest BCUT2D eigenvalue weighted by Gasteiger charge is -2.14. The summed E-state index contributed by atoms with van der Waals surface area (Å²) in [7, 11) is 0. The van der Waals surface area contributed by atoms with Crippen LogP contribution in [0.5, 0.6) is 0 Å². The summed E-state index contributed by atoms with van der Waals surface area (Å²) in [5.41, 5.74) is 1.21. The lowest BCUT2D eigenvalue weighted by Crippen LogP contribution is -2.22. The highest BCUT2D eigenvalue weighted by molar-refractivity contribution is 6.30. The molecule has 2 nitrogen and oxygen atoms in total. The van der Waals surface area contributed by atoms with Gasteiger partial charge in [0.15, 0.2) is 0 Å². The minimum atomic E-state index is -0.241. The second-order valence-electron chi connectivity index (χ2n) is 3.87. The molecule has 0 saturated carbocycles. The average molecular weight is 228 g/mol. The van der Waals surface area contributed by atoms with E-state index in [-0.39, 0.29) is 6.10 Å². The molecule has 0 amide bonds. The van der Waals surface area contributed by atoms with Crippen LogP contribution in [0.3, 0.4) is 0 Å². The van der Waals surface area contributed by atoms with E-state index in [4.69, 9.17) is 16.7 Å². The molecule has 1 unspecified atom stereocenters. The largest absolute Gasteiger partial charge is 0.393 e. The van der Waals surface area contributed by atoms with Crippen molar-refractivity contribution in [2.24, 2.45) is 0 Å². The van der Waals surface area contributed by atoms with Crippen molar-refractivity contribution in [1.82, 2.24) is 5.32 Å². The number of hydrogen-bond donors (Lipinski definition) is 2. The second-order valence-corrected chi connectivity index (χ2v) is 4.30. The summed E-state index contributed by atoms with van der Waals surface area (Å²) in [5.74, 6) is 0. The molecule has 2 atom stereocenters. The third kappa shape index (κ3) is 4.65. The quantitative estimate of drug-likeness (QED) is 0.811. The van der Waals surface area contributed by atoms with E-state index in [1.54, 1.807) is 6.92 Å². The van der Waals surface area contributed by atoms with Crippen molar-refractivity contribution in [3.05, 3.63) is 34.9 Å². The zero-order valence-electron chi connectivity index (χ0n) is 9.20. The lowest BCUT2D eigenvalue weighted by molar-refractivity contribution is 0.182. The predicted molar refractivity (Wildman–Crippen MR) is 64.2 cm³/mol. The molecule has 0 aromatic heterocycles. The highest BCUT2D eigenvalue weighted by Gasteiger charge is 2.04. The van der Waals surface area contributed by atoms with E-state index in [0.717, 1.165) is 18.0 Å². The fourth-order valence-corrected chi connectivity index (χ4v) is 1.50. The van der Waals surface area contributed by atoms with Gasteiger partial charge in [0.25, 0.3) is 0 Å². The minimum Gasteiger partial charge on any atom is -0.393 e. The lowest BCUT2D eigenvalue weighted by atomic mass is 10.1. The maximum atomic E-state index is 9.11. The van der Waals surface area contributed by atoms with Crippen LogP contribution in [-0.4, -0.2) is 17.8 Å². The Hall–Kier alpha value is -0.570. The fourth-order valence-electron chi connectivity index (χ4n) is 1.38. The van der Waals surface area contributed by atoms with Gasteiger partial charge in [-0.3, -0.25) is 0 Å². The Morgan fingerprint density at radius 1 is 1.27 bits per heavy atom. The third-order valence-electron chi connectivity index (χ3n) is 2.38. The number of hydrogen-bond acceptors (Lipinski definition) is 2. The zero-order valence-corrected chi connectivity index (χ0v) is 9.96. The van der Waals surface area contributed by atoms with Crippen LogP contribution in [0.4, 0.5) is 0 Å². The standard InChI is InChI=1S/C12H18ClNO/c1-9(15)7-8-14-10(2)11-3-5-12(13)6-4-11/h3-6,9-10,14-15H,7-8H2,1-2H3/t9?,10-/m1/s1. The van der Waals surface area contributed by atoms with E-state index in [2.05, 4.69) is 12.2 Å². The monoisotopic (exact) mass is 227 g/mol. The number of benzene rings is 1. The van der Waals surface area contributed by atoms with Gasteiger partial charge in [0.2, 0.25) is 0 Å². The van der Waals surface area contributed by atoms with Crippen LogP contribution in [0.15, 0.2) is 24.3 Å². The molecule has 1 aromatic carbocycles. The van der Waals surface area contributed by atoms with E-state index in [1.807, 2.05) is 24.3 Å². The third-order valence-corrected chi connectivity index (χ3v) is 2.63. The molecule has 0 radical (unpaired) electrons. The first-order chi connectivity index (χ1) is 7.09. The zero-order chi connectivity index (χ0) is 11.3. The fraction of sp³-hybridized carbons (Fsp3) is 0.500. The van der Waals surface area contributed by atoms with Gasteiger partial charge in [0.05, 0.1) is 6.10 Å². The smallest absolute Gasteiger partial charge is 0.0524 e. The first-order valence-corrected chi connectivity index (χ1v) is 5.64. The molecule has 0 aliphatic heterocycles. The van der Waals surface area contributed by atoms with E-state index < -0.39 is 0 Å². The number of nitrogens with one attached hydrogen (secondary N) is 1. The highest BCUT2D eigenvalue weighted by atomic mass is 35.5. The molecule has 84 valence electrons. The van der Waals surface area contributed by atoms with E-state index >= 15 is 0 Å². The molecule has 0 fully saturated rings. The predicted octanol–water partition coefficient (Wildman–Crippen LogP) is 2.76. The molecule has 15 heavy (non-hydrogen) atoms. The van der Waals surface area contributed by atoms with Crippen LogP contribution in [0.2, 0.25) is 5.02 Å². The SMILES string of the molecule is CC(O)CCN[C@H](C)c1ccc(Cl)cc1. The van der Waals surface area contributed by atoms with Crippen molar-refractivity contribution in [2.45, 2.75) is 32.4 Å². The summed E-state index contributed by atoms with van der Waals surface area (Å²) in [6.45, 7) is 4.72. The molecular weight excluding hydrogens is 210 g/mol. The molecule has 0 aliphatic rings. The summed E-state index contributed by atoms with van der Waals surface area (Å²) in [6, 6.07) is 8.11. The van der Waals surface area contributed by atoms with Gasteiger partial charge in [-0.1, -0.05) is 23.7 Å². The first kappa shape index (κ1) is 12.5. The molecule has 0 bridgehead atoms. The number of rotatable bonds is 5. The second kappa shape index (κ2) is 6.11. The molecule has 0 aliphatic carbocycles. The highest BCUT2D eigenvalue weighted by Crippen LogP contribution is 2.15. The molecule has 1 rings (SSSR count). The van der Waals surface area contributed by atoms with Crippen molar-refractivity contribution in [3.8, 4) is 0 Å². The van der Waals surface area contributed by atoms with Crippen LogP contribution in [0.25, 0.3) is 0 Å². The van der Waals surface area contributed by atoms with Gasteiger partial charge in [0.1, 0.15) is 0 Å². The van der Waals surface area contributed by atoms with Gasteiger partial charge in [0, 0.05) is 11.1 Å². The minimum absolute atomic E-state index is 0.241. The Morgan fingerprint density at radius 2 is 1.87 bits per heavy atom. The van der Waals surface area contributed by atoms with Crippen molar-refractivity contribution in [2.75, 3.05) is 6.54 Å². The summed E-state index contributed by atoms with van der Waals surface area (Å²) in [6.07, 6.45) is 0.535. The summed E-state index contributed by atoms with van der Waals surface area (Å²) < 4.78 is 0. The topological polar surface area (TPSA) is 32.3 Å². The first-order valence-electron chi connectivity index (χ1n) is 5.26. The summed E-state index contributed by atoms with van der Waals surface area (Å²) in [4.78, 5) is 0. The molecule has 0 heterocycles. The van der Waals surface area contributed by atoms with Gasteiger partial charge < -0.3 is 10.4 Å². The normalized spacial score (nSPS) is 14.9. The van der Waals surface area contributed by atoms with Gasteiger partial charge >= 0.3 is 0 Å². The Labute approximate surface area is 96.3 Å². The molecule has 2 N–H and O–H groups in total. The van der Waals surface area contributed by atoms with Crippen LogP contribution < -0.4 is 5.32 Å². The number of halogens is 1. The van der Waals surface area contributed by atoms with Crippen LogP contribution in [-0.2, 0) is 0 Å². The maximum absolute atomic E-state index is 9.11. The molecular formula is C12H18ClNO. The van der Waals surface area contributed by atoms with Crippen LogP contribution in [0.1, 0.15) is 31.9 Å². The average Bonchev–Trinajstić information content (AvgIpc) is 2.18. The van der Waals surface area contributed by atoms with E-state index in [9.17, 15) is 0 Å². The van der Waals surface area contributed by atoms with Gasteiger partial charge in [-0.05, 0) is 44.5 Å². The Morgan fingerprint density at radius 3 is 2.40 bits per heavy atom. The van der Waals surface area contributed by atoms with Crippen molar-refractivity contribution < 1.29 is 5.11 Å². The van der Waals surface area contributed by atoms with Crippen LogP contribution >= 0.6 is 11.6 Å². The molecule has 3 heteroatoms. The van der Waals surface area contributed by atoms with Gasteiger partial charge in [-0.15, -0.1) is 0 Å². The Bertz CT molecular complexity index is 284. The maximum Gasteiger partial charge on any atom is 0.0524 e. The Kier molecular flexibility index (Phi) is 5.09. The van der Waals surface area contributed by atoms with E-state index in [0.29, 0.717) is 6.04 Å². The van der Waals surface area contributed by atoms with Gasteiger partial charge in [-0.25, -0.2) is 0 Å². The number of aliphatic hydroxyl groups is 1. The van der Waals surface area contributed by atoms with Gasteiger partial charge in [-0.2, -0.15) is 0 Å². The van der Waals surface area contributed by atoms with Crippen molar-refractivity contribution in [3.63, 3.8) is 0 Å². The molecule has 1 aromatic rings. The number of aliphatic hydroxyl groups excluding tert-OH is 1. The molecule has 0 spiro atoms. The summed E-state index contributed by atoms with van der Waals surface area (Å²) in [5, 5.41) is 13.2. The Balaban J connectivity index is 2.40. The van der Waals surface area contributed by atoms with Crippen molar-refractivity contribution >= 4 is 11.6 Å².